The molecule has 1 amide bonds. The third kappa shape index (κ3) is 4.33. The molecule has 0 radical (unpaired) electrons. The predicted molar refractivity (Wildman–Crippen MR) is 73.9 cm³/mol. The minimum absolute atomic E-state index is 0.139. The third-order valence-electron chi connectivity index (χ3n) is 2.78. The van der Waals surface area contributed by atoms with Crippen LogP contribution in [0.5, 0.6) is 0 Å². The van der Waals surface area contributed by atoms with E-state index in [0.717, 1.165) is 0 Å². The largest absolute Gasteiger partial charge is 0.465 e. The lowest BCUT2D eigenvalue weighted by atomic mass is 10.1. The second-order valence-electron chi connectivity index (χ2n) is 4.85. The van der Waals surface area contributed by atoms with Crippen molar-refractivity contribution in [1.29, 1.82) is 0 Å². The van der Waals surface area contributed by atoms with Gasteiger partial charge in [-0.2, -0.15) is 0 Å². The van der Waals surface area contributed by atoms with E-state index in [2.05, 4.69) is 0 Å². The molecule has 0 aliphatic heterocycles. The summed E-state index contributed by atoms with van der Waals surface area (Å²) in [5.41, 5.74) is 0.897. The molecule has 0 unspecified atom stereocenters. The number of hydrogen-bond acceptors (Lipinski definition) is 3. The van der Waals surface area contributed by atoms with Gasteiger partial charge in [-0.1, -0.05) is 0 Å². The van der Waals surface area contributed by atoms with Gasteiger partial charge in [0.1, 0.15) is 12.4 Å². The highest BCUT2D eigenvalue weighted by atomic mass is 19.1. The van der Waals surface area contributed by atoms with E-state index < -0.39 is 11.8 Å². The van der Waals surface area contributed by atoms with Crippen LogP contribution in [0.4, 0.5) is 4.39 Å². The van der Waals surface area contributed by atoms with Crippen molar-refractivity contribution in [2.24, 2.45) is 0 Å². The van der Waals surface area contributed by atoms with Crippen molar-refractivity contribution in [1.82, 2.24) is 4.90 Å². The third-order valence-corrected chi connectivity index (χ3v) is 2.78. The quantitative estimate of drug-likeness (QED) is 0.779. The van der Waals surface area contributed by atoms with Gasteiger partial charge in [0, 0.05) is 11.6 Å². The van der Waals surface area contributed by atoms with Crippen LogP contribution in [0, 0.1) is 12.7 Å². The van der Waals surface area contributed by atoms with E-state index in [-0.39, 0.29) is 30.7 Å². The average molecular weight is 281 g/mol. The normalized spacial score (nSPS) is 10.5. The monoisotopic (exact) mass is 281 g/mol. The maximum atomic E-state index is 13.4. The number of esters is 1. The maximum absolute atomic E-state index is 13.4. The Kier molecular flexibility index (Phi) is 5.67. The van der Waals surface area contributed by atoms with Crippen LogP contribution in [0.25, 0.3) is 0 Å². The highest BCUT2D eigenvalue weighted by molar-refractivity contribution is 5.96. The van der Waals surface area contributed by atoms with Gasteiger partial charge in [0.25, 0.3) is 5.91 Å². The van der Waals surface area contributed by atoms with Crippen molar-refractivity contribution in [3.05, 3.63) is 35.1 Å². The Hall–Kier alpha value is -1.91. The number of halogens is 1. The number of benzene rings is 1. The summed E-state index contributed by atoms with van der Waals surface area (Å²) in [5.74, 6) is -1.31. The number of rotatable bonds is 5. The Balaban J connectivity index is 2.96. The smallest absolute Gasteiger partial charge is 0.325 e. The highest BCUT2D eigenvalue weighted by Crippen LogP contribution is 2.13. The number of carbonyl (C=O) groups is 2. The second-order valence-corrected chi connectivity index (χ2v) is 4.85. The summed E-state index contributed by atoms with van der Waals surface area (Å²) in [5, 5.41) is 0. The SMILES string of the molecule is CCOC(=O)CN(C(=O)c1cc(C)cc(F)c1)C(C)C. The number of ether oxygens (including phenoxy) is 1. The van der Waals surface area contributed by atoms with Gasteiger partial charge in [-0.05, 0) is 51.5 Å². The Labute approximate surface area is 118 Å². The highest BCUT2D eigenvalue weighted by Gasteiger charge is 2.22. The molecule has 0 saturated heterocycles. The van der Waals surface area contributed by atoms with Gasteiger partial charge in [-0.3, -0.25) is 9.59 Å². The molecule has 0 bridgehead atoms. The van der Waals surface area contributed by atoms with Gasteiger partial charge >= 0.3 is 5.97 Å². The van der Waals surface area contributed by atoms with Crippen LogP contribution in [-0.2, 0) is 9.53 Å². The Morgan fingerprint density at radius 2 is 1.95 bits per heavy atom. The number of aryl methyl sites for hydroxylation is 1. The van der Waals surface area contributed by atoms with Gasteiger partial charge in [-0.25, -0.2) is 4.39 Å². The lowest BCUT2D eigenvalue weighted by molar-refractivity contribution is -0.144. The van der Waals surface area contributed by atoms with Gasteiger partial charge in [0.15, 0.2) is 0 Å². The van der Waals surface area contributed by atoms with Crippen LogP contribution >= 0.6 is 0 Å². The number of amides is 1. The first-order valence-corrected chi connectivity index (χ1v) is 6.59. The number of hydrogen-bond donors (Lipinski definition) is 0. The summed E-state index contributed by atoms with van der Waals surface area (Å²) in [6.07, 6.45) is 0. The lowest BCUT2D eigenvalue weighted by Gasteiger charge is -2.26. The Morgan fingerprint density at radius 1 is 1.30 bits per heavy atom. The fourth-order valence-electron chi connectivity index (χ4n) is 1.86. The zero-order valence-corrected chi connectivity index (χ0v) is 12.3. The van der Waals surface area contributed by atoms with Crippen LogP contribution in [0.3, 0.4) is 0 Å². The number of carbonyl (C=O) groups excluding carboxylic acids is 2. The fraction of sp³-hybridized carbons (Fsp3) is 0.467. The molecule has 110 valence electrons. The van der Waals surface area contributed by atoms with Crippen LogP contribution in [0.15, 0.2) is 18.2 Å². The van der Waals surface area contributed by atoms with E-state index in [1.165, 1.54) is 17.0 Å². The summed E-state index contributed by atoms with van der Waals surface area (Å²) >= 11 is 0. The predicted octanol–water partition coefficient (Wildman–Crippen LogP) is 2.55. The molecule has 0 atom stereocenters. The molecule has 0 spiro atoms. The van der Waals surface area contributed by atoms with E-state index >= 15 is 0 Å². The summed E-state index contributed by atoms with van der Waals surface area (Å²) in [4.78, 5) is 25.3. The first-order valence-electron chi connectivity index (χ1n) is 6.59. The van der Waals surface area contributed by atoms with Crippen molar-refractivity contribution >= 4 is 11.9 Å². The van der Waals surface area contributed by atoms with Crippen LogP contribution in [0.2, 0.25) is 0 Å². The molecule has 1 rings (SSSR count). The molecule has 1 aromatic carbocycles. The van der Waals surface area contributed by atoms with E-state index in [1.807, 2.05) is 0 Å². The molecule has 0 N–H and O–H groups in total. The van der Waals surface area contributed by atoms with Crippen LogP contribution in [0.1, 0.15) is 36.7 Å². The molecular weight excluding hydrogens is 261 g/mol. The molecule has 0 aliphatic rings. The van der Waals surface area contributed by atoms with E-state index in [0.29, 0.717) is 5.56 Å². The zero-order valence-electron chi connectivity index (χ0n) is 12.3. The van der Waals surface area contributed by atoms with E-state index in [4.69, 9.17) is 4.74 Å². The first kappa shape index (κ1) is 16.1. The summed E-state index contributed by atoms with van der Waals surface area (Å²) in [7, 11) is 0. The van der Waals surface area contributed by atoms with Gasteiger partial charge in [-0.15, -0.1) is 0 Å². The molecule has 0 heterocycles. The van der Waals surface area contributed by atoms with Crippen molar-refractivity contribution < 1.29 is 18.7 Å². The standard InChI is InChI=1S/C15H20FNO3/c1-5-20-14(18)9-17(10(2)3)15(19)12-6-11(4)7-13(16)8-12/h6-8,10H,5,9H2,1-4H3. The molecule has 1 aromatic rings. The van der Waals surface area contributed by atoms with Crippen LogP contribution < -0.4 is 0 Å². The molecule has 0 fully saturated rings. The van der Waals surface area contributed by atoms with Crippen molar-refractivity contribution in [3.8, 4) is 0 Å². The Morgan fingerprint density at radius 3 is 2.45 bits per heavy atom. The molecule has 4 nitrogen and oxygen atoms in total. The molecule has 0 aromatic heterocycles. The van der Waals surface area contributed by atoms with Crippen molar-refractivity contribution in [2.45, 2.75) is 33.7 Å². The first-order chi connectivity index (χ1) is 9.35. The lowest BCUT2D eigenvalue weighted by Crippen LogP contribution is -2.41. The fourth-order valence-corrected chi connectivity index (χ4v) is 1.86. The molecular formula is C15H20FNO3. The molecule has 5 heteroatoms. The van der Waals surface area contributed by atoms with Crippen LogP contribution in [-0.4, -0.2) is 36.0 Å². The number of nitrogens with zero attached hydrogens (tertiary/aromatic N) is 1. The summed E-state index contributed by atoms with van der Waals surface area (Å²) in [6, 6.07) is 3.94. The molecule has 0 aliphatic carbocycles. The van der Waals surface area contributed by atoms with Gasteiger partial charge < -0.3 is 9.64 Å². The summed E-state index contributed by atoms with van der Waals surface area (Å²) in [6.45, 7) is 7.13. The second kappa shape index (κ2) is 7.03. The van der Waals surface area contributed by atoms with Crippen molar-refractivity contribution in [2.75, 3.05) is 13.2 Å². The molecule has 20 heavy (non-hydrogen) atoms. The maximum Gasteiger partial charge on any atom is 0.325 e. The summed E-state index contributed by atoms with van der Waals surface area (Å²) < 4.78 is 18.2. The van der Waals surface area contributed by atoms with Gasteiger partial charge in [0.2, 0.25) is 0 Å². The van der Waals surface area contributed by atoms with Crippen molar-refractivity contribution in [3.63, 3.8) is 0 Å². The minimum Gasteiger partial charge on any atom is -0.465 e. The topological polar surface area (TPSA) is 46.6 Å². The van der Waals surface area contributed by atoms with Gasteiger partial charge in [0.05, 0.1) is 6.61 Å². The average Bonchev–Trinajstić information content (AvgIpc) is 2.34. The Bertz CT molecular complexity index is 480. The van der Waals surface area contributed by atoms with E-state index in [1.54, 1.807) is 33.8 Å². The molecule has 0 saturated carbocycles. The van der Waals surface area contributed by atoms with E-state index in [9.17, 15) is 14.0 Å². The zero-order chi connectivity index (χ0) is 15.3. The minimum atomic E-state index is -0.470.